The molecule has 0 bridgehead atoms. The van der Waals surface area contributed by atoms with Gasteiger partial charge in [-0.15, -0.1) is 0 Å². The minimum Gasteiger partial charge on any atom is -0.494 e. The Morgan fingerprint density at radius 3 is 2.22 bits per heavy atom. The van der Waals surface area contributed by atoms with Gasteiger partial charge in [-0.2, -0.15) is 0 Å². The van der Waals surface area contributed by atoms with Gasteiger partial charge in [0.2, 0.25) is 11.8 Å². The normalized spacial score (nSPS) is 12.0. The number of carbonyl (C=O) groups is 2. The molecule has 0 aromatic heterocycles. The van der Waals surface area contributed by atoms with E-state index >= 15 is 0 Å². The van der Waals surface area contributed by atoms with E-state index in [1.54, 1.807) is 37.3 Å². The van der Waals surface area contributed by atoms with E-state index in [2.05, 4.69) is 5.32 Å². The lowest BCUT2D eigenvalue weighted by molar-refractivity contribution is -0.139. The summed E-state index contributed by atoms with van der Waals surface area (Å²) in [7, 11) is -4.33. The summed E-state index contributed by atoms with van der Waals surface area (Å²) in [6.45, 7) is 5.43. The van der Waals surface area contributed by atoms with E-state index in [4.69, 9.17) is 27.9 Å². The summed E-state index contributed by atoms with van der Waals surface area (Å²) in [5.41, 5.74) is 0.778. The maximum absolute atomic E-state index is 13.9. The zero-order chi connectivity index (χ0) is 30.2. The Hall–Kier alpha value is -3.34. The highest BCUT2D eigenvalue weighted by Gasteiger charge is 2.32. The summed E-state index contributed by atoms with van der Waals surface area (Å²) in [5, 5.41) is 3.38. The highest BCUT2D eigenvalue weighted by molar-refractivity contribution is 7.92. The number of hydrogen-bond acceptors (Lipinski definition) is 5. The number of hydrogen-bond donors (Lipinski definition) is 1. The van der Waals surface area contributed by atoms with E-state index in [9.17, 15) is 22.4 Å². The molecule has 1 N–H and O–H groups in total. The Morgan fingerprint density at radius 2 is 1.63 bits per heavy atom. The van der Waals surface area contributed by atoms with E-state index in [0.29, 0.717) is 35.9 Å². The minimum absolute atomic E-state index is 0.0376. The molecule has 0 saturated carbocycles. The quantitative estimate of drug-likeness (QED) is 0.265. The van der Waals surface area contributed by atoms with Gasteiger partial charge in [-0.25, -0.2) is 12.8 Å². The van der Waals surface area contributed by atoms with Crippen molar-refractivity contribution < 1.29 is 27.1 Å². The highest BCUT2D eigenvalue weighted by atomic mass is 35.5. The Labute approximate surface area is 250 Å². The van der Waals surface area contributed by atoms with Gasteiger partial charge in [-0.05, 0) is 86.5 Å². The number of rotatable bonds is 13. The lowest BCUT2D eigenvalue weighted by atomic mass is 10.1. The summed E-state index contributed by atoms with van der Waals surface area (Å²) in [6, 6.07) is 14.4. The summed E-state index contributed by atoms with van der Waals surface area (Å²) < 4.78 is 47.6. The van der Waals surface area contributed by atoms with Gasteiger partial charge in [0.25, 0.3) is 10.0 Å². The standard InChI is InChI=1S/C29H32Cl2FN3O5S/c1-4-16-33-29(37)20(3)34(18-21-6-15-26(30)27(31)17-21)28(36)19-35(23-9-11-24(12-10-23)40-5-2)41(38,39)25-13-7-22(32)8-14-25/h6-15,17,20H,4-5,16,18-19H2,1-3H3,(H,33,37)/t20-/m0/s1. The Bertz CT molecular complexity index is 1450. The number of halogens is 3. The lowest BCUT2D eigenvalue weighted by Gasteiger charge is -2.32. The van der Waals surface area contributed by atoms with Crippen LogP contribution in [0, 0.1) is 5.82 Å². The van der Waals surface area contributed by atoms with Gasteiger partial charge in [-0.3, -0.25) is 13.9 Å². The van der Waals surface area contributed by atoms with Crippen LogP contribution in [0.5, 0.6) is 5.75 Å². The number of ether oxygens (including phenoxy) is 1. The Morgan fingerprint density at radius 1 is 0.976 bits per heavy atom. The number of anilines is 1. The molecule has 3 rings (SSSR count). The van der Waals surface area contributed by atoms with Crippen molar-refractivity contribution in [3.8, 4) is 5.75 Å². The first-order chi connectivity index (χ1) is 19.5. The topological polar surface area (TPSA) is 96.0 Å². The summed E-state index contributed by atoms with van der Waals surface area (Å²) in [4.78, 5) is 27.9. The predicted molar refractivity (Wildman–Crippen MR) is 158 cm³/mol. The first-order valence-corrected chi connectivity index (χ1v) is 15.2. The summed E-state index contributed by atoms with van der Waals surface area (Å²) in [6.07, 6.45) is 0.695. The van der Waals surface area contributed by atoms with Crippen LogP contribution in [0.4, 0.5) is 10.1 Å². The third kappa shape index (κ3) is 8.34. The van der Waals surface area contributed by atoms with Crippen molar-refractivity contribution in [2.24, 2.45) is 0 Å². The molecule has 0 fully saturated rings. The fraction of sp³-hybridized carbons (Fsp3) is 0.310. The molecule has 2 amide bonds. The van der Waals surface area contributed by atoms with Crippen molar-refractivity contribution in [3.05, 3.63) is 88.2 Å². The van der Waals surface area contributed by atoms with E-state index in [1.165, 1.54) is 17.0 Å². The summed E-state index contributed by atoms with van der Waals surface area (Å²) >= 11 is 12.2. The van der Waals surface area contributed by atoms with Gasteiger partial charge >= 0.3 is 0 Å². The predicted octanol–water partition coefficient (Wildman–Crippen LogP) is 5.67. The van der Waals surface area contributed by atoms with Crippen LogP contribution in [0.1, 0.15) is 32.8 Å². The number of carbonyl (C=O) groups excluding carboxylic acids is 2. The fourth-order valence-electron chi connectivity index (χ4n) is 3.95. The molecule has 0 saturated heterocycles. The molecular formula is C29H32Cl2FN3O5S. The van der Waals surface area contributed by atoms with Gasteiger partial charge in [0.1, 0.15) is 24.2 Å². The second kappa shape index (κ2) is 14.5. The Balaban J connectivity index is 2.03. The molecule has 0 aliphatic carbocycles. The maximum Gasteiger partial charge on any atom is 0.264 e. The molecule has 3 aromatic carbocycles. The lowest BCUT2D eigenvalue weighted by Crippen LogP contribution is -2.51. The summed E-state index contributed by atoms with van der Waals surface area (Å²) in [5.74, 6) is -1.12. The van der Waals surface area contributed by atoms with Crippen LogP contribution in [0.15, 0.2) is 71.6 Å². The zero-order valence-corrected chi connectivity index (χ0v) is 25.3. The number of benzene rings is 3. The van der Waals surface area contributed by atoms with Crippen LogP contribution in [-0.4, -0.2) is 50.9 Å². The third-order valence-corrected chi connectivity index (χ3v) is 8.70. The molecule has 1 atom stereocenters. The molecule has 0 heterocycles. The van der Waals surface area contributed by atoms with Gasteiger partial charge in [-0.1, -0.05) is 36.2 Å². The van der Waals surface area contributed by atoms with Crippen molar-refractivity contribution in [1.29, 1.82) is 0 Å². The number of sulfonamides is 1. The molecule has 0 aliphatic rings. The average molecular weight is 625 g/mol. The van der Waals surface area contributed by atoms with Crippen molar-refractivity contribution in [2.45, 2.75) is 44.7 Å². The molecule has 12 heteroatoms. The molecule has 220 valence electrons. The molecule has 0 spiro atoms. The first kappa shape index (κ1) is 32.2. The number of amides is 2. The molecule has 41 heavy (non-hydrogen) atoms. The molecule has 3 aromatic rings. The van der Waals surface area contributed by atoms with Gasteiger partial charge in [0.15, 0.2) is 0 Å². The van der Waals surface area contributed by atoms with Gasteiger partial charge < -0.3 is 15.0 Å². The molecule has 0 aliphatic heterocycles. The van der Waals surface area contributed by atoms with Gasteiger partial charge in [0.05, 0.1) is 27.2 Å². The zero-order valence-electron chi connectivity index (χ0n) is 22.9. The van der Waals surface area contributed by atoms with Crippen LogP contribution >= 0.6 is 23.2 Å². The second-order valence-electron chi connectivity index (χ2n) is 9.13. The van der Waals surface area contributed by atoms with Crippen molar-refractivity contribution in [2.75, 3.05) is 24.0 Å². The highest BCUT2D eigenvalue weighted by Crippen LogP contribution is 2.28. The van der Waals surface area contributed by atoms with Crippen LogP contribution in [-0.2, 0) is 26.2 Å². The Kier molecular flexibility index (Phi) is 11.4. The fourth-order valence-corrected chi connectivity index (χ4v) is 5.69. The van der Waals surface area contributed by atoms with Crippen LogP contribution in [0.2, 0.25) is 10.0 Å². The molecule has 8 nitrogen and oxygen atoms in total. The largest absolute Gasteiger partial charge is 0.494 e. The number of nitrogens with zero attached hydrogens (tertiary/aromatic N) is 2. The van der Waals surface area contributed by atoms with Crippen LogP contribution < -0.4 is 14.4 Å². The second-order valence-corrected chi connectivity index (χ2v) is 11.8. The van der Waals surface area contributed by atoms with E-state index < -0.39 is 40.2 Å². The van der Waals surface area contributed by atoms with Crippen molar-refractivity contribution in [3.63, 3.8) is 0 Å². The van der Waals surface area contributed by atoms with E-state index in [1.807, 2.05) is 13.8 Å². The molecule has 0 unspecified atom stereocenters. The minimum atomic E-state index is -4.33. The van der Waals surface area contributed by atoms with E-state index in [-0.39, 0.29) is 22.2 Å². The van der Waals surface area contributed by atoms with Crippen LogP contribution in [0.25, 0.3) is 0 Å². The maximum atomic E-state index is 13.9. The first-order valence-electron chi connectivity index (χ1n) is 13.0. The molecule has 0 radical (unpaired) electrons. The van der Waals surface area contributed by atoms with Crippen molar-refractivity contribution in [1.82, 2.24) is 10.2 Å². The average Bonchev–Trinajstić information content (AvgIpc) is 2.95. The molecular weight excluding hydrogens is 592 g/mol. The van der Waals surface area contributed by atoms with Gasteiger partial charge in [0, 0.05) is 13.1 Å². The van der Waals surface area contributed by atoms with E-state index in [0.717, 1.165) is 28.6 Å². The number of nitrogens with one attached hydrogen (secondary N) is 1. The monoisotopic (exact) mass is 623 g/mol. The SMILES string of the molecule is CCCNC(=O)[C@H](C)N(Cc1ccc(Cl)c(Cl)c1)C(=O)CN(c1ccc(OCC)cc1)S(=O)(=O)c1ccc(F)cc1. The van der Waals surface area contributed by atoms with Crippen LogP contribution in [0.3, 0.4) is 0 Å². The smallest absolute Gasteiger partial charge is 0.264 e. The third-order valence-electron chi connectivity index (χ3n) is 6.17. The van der Waals surface area contributed by atoms with Crippen molar-refractivity contribution >= 4 is 50.7 Å².